The molecule has 2 aliphatic rings. The topological polar surface area (TPSA) is 92.8 Å². The number of nitrogens with one attached hydrogen (secondary N) is 1. The monoisotopic (exact) mass is 766 g/mol. The third-order valence-electron chi connectivity index (χ3n) is 6.11. The Morgan fingerprint density at radius 2 is 1.93 bits per heavy atom. The molecule has 7 nitrogen and oxygen atoms in total. The zero-order valence-corrected chi connectivity index (χ0v) is 26.6. The standard InChI is InChI=1S/C21H24N2O5.Hf.Hg/c1-12-4-5-16(14(12)3)11-18(24)22-17-8-6-15(7-9-17)21(27)28-23-19(25)10-13(2)20(23)26;;/h6,8,12-14,16H,4-5,10-11H2,1-3H3,(H,22,24);;/q-1;;. The largest absolute Gasteiger partial charge is 0 e. The van der Waals surface area contributed by atoms with Crippen LogP contribution in [0.2, 0.25) is 0 Å². The van der Waals surface area contributed by atoms with E-state index in [1.807, 2.05) is 0 Å². The van der Waals surface area contributed by atoms with Crippen molar-refractivity contribution in [3.8, 4) is 0 Å². The molecule has 1 aliphatic carbocycles. The van der Waals surface area contributed by atoms with Crippen LogP contribution < -0.4 is 8.39 Å². The Hall–Kier alpha value is -0.895. The third-order valence-corrected chi connectivity index (χ3v) is 8.27. The third kappa shape index (κ3) is 5.66. The van der Waals surface area contributed by atoms with Gasteiger partial charge in [-0.3, -0.25) is 0 Å². The minimum atomic E-state index is -0.756. The molecule has 0 radical (unpaired) electrons. The predicted molar refractivity (Wildman–Crippen MR) is 100 cm³/mol. The zero-order chi connectivity index (χ0) is 21.3. The molecule has 3 amide bonds. The summed E-state index contributed by atoms with van der Waals surface area (Å²) in [5, 5.41) is 3.43. The van der Waals surface area contributed by atoms with E-state index < -0.39 is 23.7 Å². The Bertz CT molecular complexity index is 862. The van der Waals surface area contributed by atoms with E-state index in [0.717, 1.165) is 12.8 Å². The summed E-state index contributed by atoms with van der Waals surface area (Å²) in [5.74, 6) is -0.715. The quantitative estimate of drug-likeness (QED) is 0.282. The Kier molecular flexibility index (Phi) is 8.98. The molecule has 0 spiro atoms. The first-order chi connectivity index (χ1) is 13.7. The van der Waals surface area contributed by atoms with Gasteiger partial charge in [-0.1, -0.05) is 0 Å². The second-order valence-electron chi connectivity index (χ2n) is 8.20. The SMILES string of the molecule is CC1CC(=O)N(OC(=O)c2ccc(NC(=O)CC3CCC(C)C3C)[c-][c]2[Hg])C1=O.[Hf]. The Balaban J connectivity index is 0.00000320. The molecule has 1 heterocycles. The Morgan fingerprint density at radius 3 is 2.47 bits per heavy atom. The molecule has 1 aromatic rings. The van der Waals surface area contributed by atoms with Crippen molar-refractivity contribution >= 4 is 32.5 Å². The van der Waals surface area contributed by atoms with Crippen LogP contribution in [-0.4, -0.2) is 28.8 Å². The number of anilines is 1. The van der Waals surface area contributed by atoms with E-state index in [1.165, 1.54) is 0 Å². The van der Waals surface area contributed by atoms with Crippen molar-refractivity contribution in [2.24, 2.45) is 23.7 Å². The van der Waals surface area contributed by atoms with Gasteiger partial charge in [-0.05, 0) is 0 Å². The van der Waals surface area contributed by atoms with Crippen LogP contribution >= 0.6 is 0 Å². The molecule has 9 heteroatoms. The summed E-state index contributed by atoms with van der Waals surface area (Å²) in [7, 11) is 0. The molecular formula is C21H24HfHgN2O5-. The van der Waals surface area contributed by atoms with Gasteiger partial charge in [0.05, 0.1) is 0 Å². The van der Waals surface area contributed by atoms with Crippen molar-refractivity contribution in [2.75, 3.05) is 5.32 Å². The molecule has 4 unspecified atom stereocenters. The molecule has 4 atom stereocenters. The summed E-state index contributed by atoms with van der Waals surface area (Å²) in [6.45, 7) is 6.05. The van der Waals surface area contributed by atoms with Crippen LogP contribution in [-0.2, 0) is 71.2 Å². The molecule has 3 rings (SSSR count). The first-order valence-electron chi connectivity index (χ1n) is 9.94. The van der Waals surface area contributed by atoms with Crippen molar-refractivity contribution in [3.05, 3.63) is 23.8 Å². The van der Waals surface area contributed by atoms with E-state index in [2.05, 4.69) is 25.2 Å². The molecule has 1 N–H and O–H groups in total. The van der Waals surface area contributed by atoms with E-state index >= 15 is 0 Å². The number of carbonyl (C=O) groups is 4. The van der Waals surface area contributed by atoms with Gasteiger partial charge in [0, 0.05) is 25.8 Å². The minimum Gasteiger partial charge on any atom is 0 e. The summed E-state index contributed by atoms with van der Waals surface area (Å²) >= 11 is 0.0146. The van der Waals surface area contributed by atoms with Gasteiger partial charge in [0.15, 0.2) is 0 Å². The van der Waals surface area contributed by atoms with Gasteiger partial charge in [-0.15, -0.1) is 0 Å². The molecule has 1 aromatic carbocycles. The van der Waals surface area contributed by atoms with Gasteiger partial charge in [0.25, 0.3) is 0 Å². The fourth-order valence-corrected chi connectivity index (χ4v) is 5.74. The van der Waals surface area contributed by atoms with Crippen molar-refractivity contribution in [1.29, 1.82) is 0 Å². The number of hydrogen-bond donors (Lipinski definition) is 1. The summed E-state index contributed by atoms with van der Waals surface area (Å²) in [5.41, 5.74) is 0.793. The van der Waals surface area contributed by atoms with Gasteiger partial charge in [-0.25, -0.2) is 0 Å². The van der Waals surface area contributed by atoms with Gasteiger partial charge in [-0.2, -0.15) is 0 Å². The van der Waals surface area contributed by atoms with Crippen molar-refractivity contribution in [1.82, 2.24) is 5.06 Å². The zero-order valence-electron chi connectivity index (χ0n) is 17.5. The molecular weight excluding hydrogens is 739 g/mol. The molecule has 0 bridgehead atoms. The van der Waals surface area contributed by atoms with Crippen LogP contribution in [0, 0.1) is 29.7 Å². The normalized spacial score (nSPS) is 25.8. The number of hydroxylamine groups is 2. The maximum atomic E-state index is 12.4. The van der Waals surface area contributed by atoms with Gasteiger partial charge >= 0.3 is 187 Å². The van der Waals surface area contributed by atoms with Gasteiger partial charge in [0.2, 0.25) is 0 Å². The molecule has 0 aromatic heterocycles. The summed E-state index contributed by atoms with van der Waals surface area (Å²) in [6, 6.07) is 6.20. The predicted octanol–water partition coefficient (Wildman–Crippen LogP) is 2.13. The number of benzene rings is 1. The molecule has 155 valence electrons. The maximum Gasteiger partial charge on any atom is 0 e. The second-order valence-corrected chi connectivity index (χ2v) is 10.9. The van der Waals surface area contributed by atoms with Crippen molar-refractivity contribution in [2.45, 2.75) is 46.5 Å². The Labute approximate surface area is 211 Å². The first-order valence-corrected chi connectivity index (χ1v) is 12.7. The Morgan fingerprint density at radius 1 is 1.23 bits per heavy atom. The number of rotatable bonds is 5. The van der Waals surface area contributed by atoms with Crippen LogP contribution in [0.4, 0.5) is 5.69 Å². The smallest absolute Gasteiger partial charge is 0 e. The fraction of sp³-hybridized carbons (Fsp3) is 0.524. The first kappa shape index (κ1) is 25.4. The van der Waals surface area contributed by atoms with E-state index in [-0.39, 0.29) is 69.9 Å². The van der Waals surface area contributed by atoms with Crippen LogP contribution in [0.5, 0.6) is 0 Å². The molecule has 1 aliphatic heterocycles. The number of amides is 3. The molecule has 1 saturated heterocycles. The summed E-state index contributed by atoms with van der Waals surface area (Å²) in [4.78, 5) is 53.5. The number of hydrogen-bond acceptors (Lipinski definition) is 5. The van der Waals surface area contributed by atoms with Crippen molar-refractivity contribution in [3.63, 3.8) is 0 Å². The van der Waals surface area contributed by atoms with Gasteiger partial charge in [0.1, 0.15) is 0 Å². The number of carbonyl (C=O) groups excluding carboxylic acids is 4. The summed E-state index contributed by atoms with van der Waals surface area (Å²) in [6.07, 6.45) is 2.77. The van der Waals surface area contributed by atoms with Crippen LogP contribution in [0.3, 0.4) is 0 Å². The molecule has 30 heavy (non-hydrogen) atoms. The maximum absolute atomic E-state index is 12.4. The van der Waals surface area contributed by atoms with E-state index in [4.69, 9.17) is 4.84 Å². The fourth-order valence-electron chi connectivity index (χ4n) is 3.98. The van der Waals surface area contributed by atoms with Crippen LogP contribution in [0.15, 0.2) is 12.1 Å². The molecule has 1 saturated carbocycles. The average molecular weight is 764 g/mol. The minimum absolute atomic E-state index is 0. The van der Waals surface area contributed by atoms with Crippen LogP contribution in [0.1, 0.15) is 56.8 Å². The van der Waals surface area contributed by atoms with E-state index in [9.17, 15) is 19.2 Å². The van der Waals surface area contributed by atoms with E-state index in [0.29, 0.717) is 38.0 Å². The van der Waals surface area contributed by atoms with Crippen molar-refractivity contribution < 1.29 is 76.0 Å². The average Bonchev–Trinajstić information content (AvgIpc) is 3.08. The second kappa shape index (κ2) is 10.6. The number of imide groups is 1. The van der Waals surface area contributed by atoms with Gasteiger partial charge < -0.3 is 0 Å². The van der Waals surface area contributed by atoms with E-state index in [1.54, 1.807) is 19.1 Å². The summed E-state index contributed by atoms with van der Waals surface area (Å²) < 4.78 is 0.655. The van der Waals surface area contributed by atoms with Crippen LogP contribution in [0.25, 0.3) is 0 Å². The number of nitrogens with zero attached hydrogens (tertiary/aromatic N) is 1. The molecule has 2 fully saturated rings.